The van der Waals surface area contributed by atoms with Crippen LogP contribution in [0.3, 0.4) is 0 Å². The molecule has 0 aromatic heterocycles. The molecule has 0 amide bonds. The number of alkyl halides is 3. The zero-order valence-electron chi connectivity index (χ0n) is 12.4. The first kappa shape index (κ1) is 16.1. The van der Waals surface area contributed by atoms with Crippen molar-refractivity contribution in [3.05, 3.63) is 29.3 Å². The van der Waals surface area contributed by atoms with Crippen LogP contribution in [-0.2, 0) is 12.7 Å². The summed E-state index contributed by atoms with van der Waals surface area (Å²) in [7, 11) is 0. The van der Waals surface area contributed by atoms with E-state index in [1.165, 1.54) is 25.3 Å². The SMILES string of the molecule is CCN(c1ccc(C(F)(F)F)c(CN)c1)C1CCCCC1. The summed E-state index contributed by atoms with van der Waals surface area (Å²) >= 11 is 0. The van der Waals surface area contributed by atoms with Crippen LogP contribution in [0.25, 0.3) is 0 Å². The molecule has 1 aromatic rings. The second-order valence-corrected chi connectivity index (χ2v) is 5.62. The van der Waals surface area contributed by atoms with Gasteiger partial charge in [-0.15, -0.1) is 0 Å². The van der Waals surface area contributed by atoms with Crippen LogP contribution in [0.4, 0.5) is 18.9 Å². The molecule has 2 nitrogen and oxygen atoms in total. The summed E-state index contributed by atoms with van der Waals surface area (Å²) in [6, 6.07) is 4.80. The highest BCUT2D eigenvalue weighted by molar-refractivity contribution is 5.52. The van der Waals surface area contributed by atoms with Crippen molar-refractivity contribution in [2.75, 3.05) is 11.4 Å². The van der Waals surface area contributed by atoms with Gasteiger partial charge >= 0.3 is 6.18 Å². The fraction of sp³-hybridized carbons (Fsp3) is 0.625. The van der Waals surface area contributed by atoms with E-state index in [4.69, 9.17) is 5.73 Å². The third-order valence-electron chi connectivity index (χ3n) is 4.30. The second-order valence-electron chi connectivity index (χ2n) is 5.62. The van der Waals surface area contributed by atoms with Crippen LogP contribution >= 0.6 is 0 Å². The average Bonchev–Trinajstić information content (AvgIpc) is 2.48. The van der Waals surface area contributed by atoms with Gasteiger partial charge in [0, 0.05) is 24.8 Å². The van der Waals surface area contributed by atoms with Crippen molar-refractivity contribution in [3.63, 3.8) is 0 Å². The number of nitrogens with zero attached hydrogens (tertiary/aromatic N) is 1. The minimum absolute atomic E-state index is 0.0924. The molecule has 0 spiro atoms. The van der Waals surface area contributed by atoms with E-state index < -0.39 is 11.7 Å². The van der Waals surface area contributed by atoms with Crippen LogP contribution < -0.4 is 10.6 Å². The van der Waals surface area contributed by atoms with Crippen LogP contribution in [0, 0.1) is 0 Å². The van der Waals surface area contributed by atoms with E-state index in [-0.39, 0.29) is 12.1 Å². The zero-order valence-corrected chi connectivity index (χ0v) is 12.4. The van der Waals surface area contributed by atoms with Gasteiger partial charge in [-0.3, -0.25) is 0 Å². The molecular weight excluding hydrogens is 277 g/mol. The van der Waals surface area contributed by atoms with E-state index in [2.05, 4.69) is 4.90 Å². The number of halogens is 3. The summed E-state index contributed by atoms with van der Waals surface area (Å²) in [4.78, 5) is 2.22. The second kappa shape index (κ2) is 6.69. The molecule has 1 aliphatic rings. The summed E-state index contributed by atoms with van der Waals surface area (Å²) in [5.41, 5.74) is 5.93. The topological polar surface area (TPSA) is 29.3 Å². The molecule has 1 aromatic carbocycles. The molecule has 0 bridgehead atoms. The number of hydrogen-bond donors (Lipinski definition) is 1. The Hall–Kier alpha value is -1.23. The summed E-state index contributed by atoms with van der Waals surface area (Å²) in [6.07, 6.45) is 1.56. The van der Waals surface area contributed by atoms with Gasteiger partial charge in [0.25, 0.3) is 0 Å². The number of rotatable bonds is 4. The lowest BCUT2D eigenvalue weighted by atomic mass is 9.93. The first-order valence-corrected chi connectivity index (χ1v) is 7.64. The molecule has 2 N–H and O–H groups in total. The number of benzene rings is 1. The van der Waals surface area contributed by atoms with Crippen LogP contribution in [0.5, 0.6) is 0 Å². The predicted molar refractivity (Wildman–Crippen MR) is 79.2 cm³/mol. The molecule has 0 atom stereocenters. The molecule has 2 rings (SSSR count). The molecule has 0 radical (unpaired) electrons. The Labute approximate surface area is 124 Å². The zero-order chi connectivity index (χ0) is 15.5. The van der Waals surface area contributed by atoms with Gasteiger partial charge in [0.1, 0.15) is 0 Å². The number of hydrogen-bond acceptors (Lipinski definition) is 2. The first-order valence-electron chi connectivity index (χ1n) is 7.64. The molecule has 118 valence electrons. The lowest BCUT2D eigenvalue weighted by molar-refractivity contribution is -0.138. The van der Waals surface area contributed by atoms with Crippen molar-refractivity contribution in [3.8, 4) is 0 Å². The number of nitrogens with two attached hydrogens (primary N) is 1. The fourth-order valence-electron chi connectivity index (χ4n) is 3.25. The first-order chi connectivity index (χ1) is 9.97. The molecule has 0 aliphatic heterocycles. The van der Waals surface area contributed by atoms with Crippen molar-refractivity contribution >= 4 is 5.69 Å². The molecule has 1 fully saturated rings. The van der Waals surface area contributed by atoms with Gasteiger partial charge in [-0.1, -0.05) is 19.3 Å². The Kier molecular flexibility index (Phi) is 5.14. The third-order valence-corrected chi connectivity index (χ3v) is 4.30. The Balaban J connectivity index is 2.29. The number of anilines is 1. The normalized spacial score (nSPS) is 17.0. The largest absolute Gasteiger partial charge is 0.416 e. The Morgan fingerprint density at radius 2 is 1.86 bits per heavy atom. The Morgan fingerprint density at radius 1 is 1.19 bits per heavy atom. The van der Waals surface area contributed by atoms with Crippen LogP contribution in [0.1, 0.15) is 50.2 Å². The molecule has 1 saturated carbocycles. The van der Waals surface area contributed by atoms with Crippen LogP contribution in [-0.4, -0.2) is 12.6 Å². The van der Waals surface area contributed by atoms with Gasteiger partial charge in [0.15, 0.2) is 0 Å². The summed E-state index contributed by atoms with van der Waals surface area (Å²) < 4.78 is 38.8. The van der Waals surface area contributed by atoms with Crippen LogP contribution in [0.2, 0.25) is 0 Å². The highest BCUT2D eigenvalue weighted by atomic mass is 19.4. The fourth-order valence-corrected chi connectivity index (χ4v) is 3.25. The van der Waals surface area contributed by atoms with Crippen molar-refractivity contribution < 1.29 is 13.2 Å². The van der Waals surface area contributed by atoms with Gasteiger partial charge in [-0.05, 0) is 43.5 Å². The molecule has 21 heavy (non-hydrogen) atoms. The van der Waals surface area contributed by atoms with Gasteiger partial charge in [0.05, 0.1) is 5.56 Å². The van der Waals surface area contributed by atoms with Crippen LogP contribution in [0.15, 0.2) is 18.2 Å². The van der Waals surface area contributed by atoms with E-state index in [1.807, 2.05) is 6.92 Å². The third kappa shape index (κ3) is 3.70. The van der Waals surface area contributed by atoms with Gasteiger partial charge < -0.3 is 10.6 Å². The molecule has 5 heteroatoms. The van der Waals surface area contributed by atoms with Crippen molar-refractivity contribution in [1.29, 1.82) is 0 Å². The van der Waals surface area contributed by atoms with Crippen molar-refractivity contribution in [1.82, 2.24) is 0 Å². The van der Waals surface area contributed by atoms with Crippen molar-refractivity contribution in [2.45, 2.75) is 57.8 Å². The van der Waals surface area contributed by atoms with E-state index >= 15 is 0 Å². The summed E-state index contributed by atoms with van der Waals surface area (Å²) in [5, 5.41) is 0. The highest BCUT2D eigenvalue weighted by Crippen LogP contribution is 2.35. The minimum atomic E-state index is -4.34. The van der Waals surface area contributed by atoms with E-state index in [0.717, 1.165) is 25.1 Å². The molecule has 0 heterocycles. The maximum atomic E-state index is 12.9. The minimum Gasteiger partial charge on any atom is -0.369 e. The molecular formula is C16H23F3N2. The quantitative estimate of drug-likeness (QED) is 0.897. The summed E-state index contributed by atoms with van der Waals surface area (Å²) in [6.45, 7) is 2.76. The lowest BCUT2D eigenvalue weighted by Gasteiger charge is -2.36. The predicted octanol–water partition coefficient (Wildman–Crippen LogP) is 4.32. The van der Waals surface area contributed by atoms with E-state index in [1.54, 1.807) is 12.1 Å². The monoisotopic (exact) mass is 300 g/mol. The van der Waals surface area contributed by atoms with E-state index in [9.17, 15) is 13.2 Å². The highest BCUT2D eigenvalue weighted by Gasteiger charge is 2.33. The van der Waals surface area contributed by atoms with Gasteiger partial charge in [0.2, 0.25) is 0 Å². The Bertz CT molecular complexity index is 465. The molecule has 0 saturated heterocycles. The maximum absolute atomic E-state index is 12.9. The average molecular weight is 300 g/mol. The maximum Gasteiger partial charge on any atom is 0.416 e. The molecule has 0 unspecified atom stereocenters. The Morgan fingerprint density at radius 3 is 2.38 bits per heavy atom. The molecule has 1 aliphatic carbocycles. The smallest absolute Gasteiger partial charge is 0.369 e. The standard InChI is InChI=1S/C16H23F3N2/c1-2-21(13-6-4-3-5-7-13)14-8-9-15(16(17,18)19)12(10-14)11-20/h8-10,13H,2-7,11,20H2,1H3. The lowest BCUT2D eigenvalue weighted by Crippen LogP contribution is -2.36. The van der Waals surface area contributed by atoms with Gasteiger partial charge in [-0.2, -0.15) is 13.2 Å². The summed E-state index contributed by atoms with van der Waals surface area (Å²) in [5.74, 6) is 0. The van der Waals surface area contributed by atoms with E-state index in [0.29, 0.717) is 6.04 Å². The van der Waals surface area contributed by atoms with Gasteiger partial charge in [-0.25, -0.2) is 0 Å². The van der Waals surface area contributed by atoms with Crippen molar-refractivity contribution in [2.24, 2.45) is 5.73 Å².